The number of thioether (sulfide) groups is 1. The number of hydrogen-bond donors (Lipinski definition) is 0. The minimum absolute atomic E-state index is 0.261. The quantitative estimate of drug-likeness (QED) is 0.0871. The molecule has 276 valence electrons. The lowest BCUT2D eigenvalue weighted by Crippen LogP contribution is -2.28. The number of benzene rings is 1. The molecule has 0 aliphatic heterocycles. The summed E-state index contributed by atoms with van der Waals surface area (Å²) in [5, 5.41) is 0.828. The molecule has 1 aromatic heterocycles. The molecule has 0 bridgehead atoms. The van der Waals surface area contributed by atoms with Crippen LogP contribution in [0.3, 0.4) is 0 Å². The Hall–Kier alpha value is -1.97. The van der Waals surface area contributed by atoms with Crippen molar-refractivity contribution >= 4 is 45.4 Å². The predicted molar refractivity (Wildman–Crippen MR) is 219 cm³/mol. The van der Waals surface area contributed by atoms with Crippen molar-refractivity contribution in [1.82, 2.24) is 19.0 Å². The Morgan fingerprint density at radius 3 is 2.21 bits per heavy atom. The minimum atomic E-state index is -1.29. The number of allylic oxidation sites excluding steroid dienone is 5. The number of aromatic nitrogens is 2. The summed E-state index contributed by atoms with van der Waals surface area (Å²) in [4.78, 5) is 4.78. The molecular weight excluding hydrogens is 659 g/mol. The van der Waals surface area contributed by atoms with Gasteiger partial charge in [0.25, 0.3) is 0 Å². The van der Waals surface area contributed by atoms with Gasteiger partial charge in [0, 0.05) is 26.2 Å². The van der Waals surface area contributed by atoms with E-state index in [1.54, 1.807) is 6.08 Å². The Morgan fingerprint density at radius 2 is 1.71 bits per heavy atom. The van der Waals surface area contributed by atoms with Gasteiger partial charge in [0.2, 0.25) is 0 Å². The SMILES string of the molecule is C=C(Cl)S/C(=C\C)S(=O)N(CCCC)Cc1nc2ccccc2n1CC.C=C/C=C\C/C=C\C(C)CN(F)CC.CC.CC.CCCC. The van der Waals surface area contributed by atoms with Crippen LogP contribution >= 0.6 is 23.4 Å². The number of fused-ring (bicyclic) bond motifs is 1. The van der Waals surface area contributed by atoms with Crippen LogP contribution in [-0.2, 0) is 24.1 Å². The van der Waals surface area contributed by atoms with Crippen LogP contribution in [0.25, 0.3) is 11.0 Å². The Kier molecular flexibility index (Phi) is 36.6. The number of rotatable bonds is 18. The van der Waals surface area contributed by atoms with Gasteiger partial charge in [0.05, 0.1) is 26.2 Å². The third-order valence-electron chi connectivity index (χ3n) is 6.32. The Labute approximate surface area is 307 Å². The van der Waals surface area contributed by atoms with Crippen molar-refractivity contribution < 1.29 is 8.69 Å². The molecule has 0 radical (unpaired) electrons. The predicted octanol–water partition coefficient (Wildman–Crippen LogP) is 13.0. The zero-order chi connectivity index (χ0) is 37.3. The monoisotopic (exact) mass is 726 g/mol. The molecule has 0 fully saturated rings. The van der Waals surface area contributed by atoms with Crippen LogP contribution in [-0.4, -0.2) is 42.8 Å². The summed E-state index contributed by atoms with van der Waals surface area (Å²) in [6.45, 7) is 32.6. The lowest BCUT2D eigenvalue weighted by molar-refractivity contribution is 0.0231. The number of aryl methyl sites for hydroxylation is 1. The number of nitrogens with zero attached hydrogens (tertiary/aromatic N) is 4. The molecule has 0 N–H and O–H groups in total. The van der Waals surface area contributed by atoms with Crippen LogP contribution in [0, 0.1) is 5.92 Å². The van der Waals surface area contributed by atoms with Crippen molar-refractivity contribution in [3.05, 3.63) is 88.3 Å². The average Bonchev–Trinajstić information content (AvgIpc) is 3.47. The molecule has 0 amide bonds. The van der Waals surface area contributed by atoms with Gasteiger partial charge in [-0.1, -0.05) is 160 Å². The highest BCUT2D eigenvalue weighted by Gasteiger charge is 2.21. The fourth-order valence-corrected chi connectivity index (χ4v) is 6.42. The molecule has 48 heavy (non-hydrogen) atoms. The zero-order valence-corrected chi connectivity index (χ0v) is 34.5. The molecule has 1 heterocycles. The van der Waals surface area contributed by atoms with Crippen molar-refractivity contribution in [2.24, 2.45) is 5.92 Å². The summed E-state index contributed by atoms with van der Waals surface area (Å²) in [5.74, 6) is 1.19. The van der Waals surface area contributed by atoms with Gasteiger partial charge in [-0.05, 0) is 51.7 Å². The van der Waals surface area contributed by atoms with E-state index in [4.69, 9.17) is 16.6 Å². The fraction of sp³-hybridized carbons (Fsp3) is 0.564. The lowest BCUT2D eigenvalue weighted by atomic mass is 10.1. The fourth-order valence-electron chi connectivity index (χ4n) is 3.81. The number of unbranched alkanes of at least 4 members (excludes halogenated alkanes) is 2. The molecule has 0 aliphatic carbocycles. The van der Waals surface area contributed by atoms with E-state index in [9.17, 15) is 8.69 Å². The van der Waals surface area contributed by atoms with Gasteiger partial charge >= 0.3 is 0 Å². The van der Waals surface area contributed by atoms with Crippen molar-refractivity contribution in [2.75, 3.05) is 19.6 Å². The molecule has 2 unspecified atom stereocenters. The Morgan fingerprint density at radius 1 is 1.08 bits per heavy atom. The van der Waals surface area contributed by atoms with Crippen molar-refractivity contribution in [3.63, 3.8) is 0 Å². The van der Waals surface area contributed by atoms with Crippen LogP contribution in [0.5, 0.6) is 0 Å². The standard InChI is InChI=1S/C19H26ClN3OS2.C12H20FN.C4H10.2C2H6/c1-5-8-13-22(26(24)19(6-2)25-15(4)20)14-18-21-16-11-9-10-12-17(16)23(18)7-3;1-4-6-7-8-9-10-12(3)11-14(13)5-2;1-3-4-2;2*1-2/h6,9-12H,4-5,7-8,13-14H2,1-3H3;4,6-7,9-10,12H,1,5,8,11H2,2-3H3;3-4H2,1-2H3;2*1-2H3/b19-6+;7-6-,10-9-;;;. The highest BCUT2D eigenvalue weighted by atomic mass is 35.5. The molecule has 2 atom stereocenters. The third-order valence-corrected chi connectivity index (χ3v) is 9.25. The van der Waals surface area contributed by atoms with Crippen LogP contribution in [0.15, 0.2) is 82.5 Å². The molecule has 0 spiro atoms. The van der Waals surface area contributed by atoms with Crippen LogP contribution < -0.4 is 0 Å². The van der Waals surface area contributed by atoms with E-state index in [0.717, 1.165) is 54.3 Å². The van der Waals surface area contributed by atoms with Crippen LogP contribution in [0.4, 0.5) is 4.48 Å². The first-order chi connectivity index (χ1) is 23.1. The topological polar surface area (TPSA) is 41.4 Å². The molecular formula is C39H68ClFN4OS2. The van der Waals surface area contributed by atoms with Gasteiger partial charge in [0.1, 0.15) is 16.8 Å². The summed E-state index contributed by atoms with van der Waals surface area (Å²) in [7, 11) is -1.29. The second-order valence-corrected chi connectivity index (χ2v) is 13.6. The molecule has 0 saturated carbocycles. The normalized spacial score (nSPS) is 12.4. The van der Waals surface area contributed by atoms with E-state index in [1.165, 1.54) is 24.6 Å². The summed E-state index contributed by atoms with van der Waals surface area (Å²) >= 11 is 7.18. The van der Waals surface area contributed by atoms with Gasteiger partial charge in [-0.25, -0.2) is 13.5 Å². The maximum Gasteiger partial charge on any atom is 0.134 e. The number of para-hydroxylation sites is 2. The van der Waals surface area contributed by atoms with Crippen molar-refractivity contribution in [1.29, 1.82) is 0 Å². The molecule has 9 heteroatoms. The molecule has 1 aromatic carbocycles. The van der Waals surface area contributed by atoms with E-state index in [-0.39, 0.29) is 5.92 Å². The lowest BCUT2D eigenvalue weighted by Gasteiger charge is -2.22. The maximum absolute atomic E-state index is 13.1. The second kappa shape index (κ2) is 34.9. The molecule has 2 aromatic rings. The number of halogens is 2. The smallest absolute Gasteiger partial charge is 0.134 e. The summed E-state index contributed by atoms with van der Waals surface area (Å²) in [5.41, 5.74) is 2.08. The molecule has 5 nitrogen and oxygen atoms in total. The first-order valence-electron chi connectivity index (χ1n) is 17.8. The van der Waals surface area contributed by atoms with Crippen molar-refractivity contribution in [2.45, 2.75) is 121 Å². The number of imidazole rings is 1. The van der Waals surface area contributed by atoms with Gasteiger partial charge in [-0.3, -0.25) is 0 Å². The highest BCUT2D eigenvalue weighted by Crippen LogP contribution is 2.31. The first-order valence-corrected chi connectivity index (χ1v) is 20.1. The van der Waals surface area contributed by atoms with Crippen LogP contribution in [0.2, 0.25) is 0 Å². The minimum Gasteiger partial charge on any atom is -0.327 e. The first kappa shape index (κ1) is 50.4. The second-order valence-electron chi connectivity index (χ2n) is 10.1. The van der Waals surface area contributed by atoms with Gasteiger partial charge in [-0.2, -0.15) is 0 Å². The average molecular weight is 728 g/mol. The van der Waals surface area contributed by atoms with Crippen molar-refractivity contribution in [3.8, 4) is 0 Å². The summed E-state index contributed by atoms with van der Waals surface area (Å²) in [6, 6.07) is 8.11. The van der Waals surface area contributed by atoms with Gasteiger partial charge in [-0.15, -0.1) is 9.60 Å². The maximum atomic E-state index is 13.1. The van der Waals surface area contributed by atoms with E-state index in [1.807, 2.05) is 101 Å². The Balaban J connectivity index is -0.000000775. The zero-order valence-electron chi connectivity index (χ0n) is 32.1. The van der Waals surface area contributed by atoms with Crippen LogP contribution in [0.1, 0.15) is 114 Å². The van der Waals surface area contributed by atoms with E-state index >= 15 is 0 Å². The van der Waals surface area contributed by atoms with E-state index in [0.29, 0.717) is 28.2 Å². The summed E-state index contributed by atoms with van der Waals surface area (Å²) < 4.78 is 31.2. The molecule has 2 rings (SSSR count). The molecule has 0 aliphatic rings. The summed E-state index contributed by atoms with van der Waals surface area (Å²) in [6.07, 6.45) is 17.1. The molecule has 0 saturated heterocycles. The Bertz CT molecular complexity index is 1190. The van der Waals surface area contributed by atoms with E-state index in [2.05, 4.69) is 51.5 Å². The van der Waals surface area contributed by atoms with Gasteiger partial charge in [0.15, 0.2) is 0 Å². The van der Waals surface area contributed by atoms with E-state index < -0.39 is 11.0 Å². The number of hydrogen-bond acceptors (Lipinski definition) is 4. The van der Waals surface area contributed by atoms with Gasteiger partial charge < -0.3 is 4.57 Å². The highest BCUT2D eigenvalue weighted by molar-refractivity contribution is 8.19. The largest absolute Gasteiger partial charge is 0.327 e. The third kappa shape index (κ3) is 23.4.